The Morgan fingerprint density at radius 2 is 2.12 bits per heavy atom. The maximum atomic E-state index is 9.81. The van der Waals surface area contributed by atoms with Crippen LogP contribution in [-0.4, -0.2) is 53.6 Å². The molecule has 0 fully saturated rings. The molecule has 0 aliphatic heterocycles. The number of pyridine rings is 1. The van der Waals surface area contributed by atoms with Crippen molar-refractivity contribution in [2.24, 2.45) is 0 Å². The van der Waals surface area contributed by atoms with Crippen LogP contribution in [0.15, 0.2) is 47.1 Å². The van der Waals surface area contributed by atoms with Crippen LogP contribution in [0.25, 0.3) is 22.8 Å². The normalized spacial score (nSPS) is 12.2. The molecule has 1 aromatic carbocycles. The highest BCUT2D eigenvalue weighted by Crippen LogP contribution is 2.24. The van der Waals surface area contributed by atoms with Gasteiger partial charge < -0.3 is 19.3 Å². The highest BCUT2D eigenvalue weighted by atomic mass is 35.5. The lowest BCUT2D eigenvalue weighted by atomic mass is 10.2. The standard InChI is InChI=1S/C18H19ClN4O3/c1-23(10-15(24)11-25-2)16-7-6-13(9-20-16)18-21-17(22-26-18)12-4-3-5-14(19)8-12/h3-9,15,24H,10-11H2,1-2H3/t15-/m0/s1. The smallest absolute Gasteiger partial charge is 0.259 e. The molecule has 2 heterocycles. The van der Waals surface area contributed by atoms with Crippen molar-refractivity contribution in [3.63, 3.8) is 0 Å². The number of aliphatic hydroxyl groups is 1. The van der Waals surface area contributed by atoms with Gasteiger partial charge in [-0.1, -0.05) is 28.9 Å². The third kappa shape index (κ3) is 4.37. The molecule has 1 atom stereocenters. The van der Waals surface area contributed by atoms with Crippen molar-refractivity contribution in [3.8, 4) is 22.8 Å². The highest BCUT2D eigenvalue weighted by molar-refractivity contribution is 6.30. The Balaban J connectivity index is 1.73. The Kier molecular flexibility index (Phi) is 5.82. The van der Waals surface area contributed by atoms with Gasteiger partial charge in [0.2, 0.25) is 5.82 Å². The Morgan fingerprint density at radius 3 is 2.81 bits per heavy atom. The second-order valence-corrected chi connectivity index (χ2v) is 6.26. The maximum Gasteiger partial charge on any atom is 0.259 e. The molecule has 3 aromatic rings. The summed E-state index contributed by atoms with van der Waals surface area (Å²) in [5.74, 6) is 1.56. The summed E-state index contributed by atoms with van der Waals surface area (Å²) >= 11 is 5.99. The lowest BCUT2D eigenvalue weighted by molar-refractivity contribution is 0.0694. The number of aromatic nitrogens is 3. The number of hydrogen-bond donors (Lipinski definition) is 1. The van der Waals surface area contributed by atoms with Crippen LogP contribution in [0.5, 0.6) is 0 Å². The molecule has 0 aliphatic rings. The number of nitrogens with zero attached hydrogens (tertiary/aromatic N) is 4. The van der Waals surface area contributed by atoms with Gasteiger partial charge in [0, 0.05) is 37.5 Å². The Morgan fingerprint density at radius 1 is 1.27 bits per heavy atom. The van der Waals surface area contributed by atoms with Crippen LogP contribution in [0.1, 0.15) is 0 Å². The SMILES string of the molecule is COC[C@@H](O)CN(C)c1ccc(-c2nc(-c3cccc(Cl)c3)no2)cn1. The topological polar surface area (TPSA) is 84.5 Å². The van der Waals surface area contributed by atoms with E-state index in [4.69, 9.17) is 20.9 Å². The Hall–Kier alpha value is -2.48. The third-order valence-electron chi connectivity index (χ3n) is 3.74. The fourth-order valence-electron chi connectivity index (χ4n) is 2.48. The molecule has 0 bridgehead atoms. The molecule has 8 heteroatoms. The van der Waals surface area contributed by atoms with Gasteiger partial charge in [0.25, 0.3) is 5.89 Å². The number of anilines is 1. The third-order valence-corrected chi connectivity index (χ3v) is 3.97. The van der Waals surface area contributed by atoms with Crippen molar-refractivity contribution in [2.45, 2.75) is 6.10 Å². The molecule has 3 rings (SSSR count). The van der Waals surface area contributed by atoms with Gasteiger partial charge in [-0.05, 0) is 24.3 Å². The molecular weight excluding hydrogens is 356 g/mol. The number of ether oxygens (including phenoxy) is 1. The fourth-order valence-corrected chi connectivity index (χ4v) is 2.67. The quantitative estimate of drug-likeness (QED) is 0.680. The van der Waals surface area contributed by atoms with E-state index >= 15 is 0 Å². The molecule has 136 valence electrons. The minimum Gasteiger partial charge on any atom is -0.389 e. The molecule has 0 radical (unpaired) electrons. The molecule has 0 aliphatic carbocycles. The molecule has 0 unspecified atom stereocenters. The summed E-state index contributed by atoms with van der Waals surface area (Å²) in [4.78, 5) is 10.6. The molecule has 7 nitrogen and oxygen atoms in total. The van der Waals surface area contributed by atoms with Crippen LogP contribution in [0.3, 0.4) is 0 Å². The Bertz CT molecular complexity index is 854. The zero-order valence-corrected chi connectivity index (χ0v) is 15.2. The zero-order chi connectivity index (χ0) is 18.5. The average Bonchev–Trinajstić information content (AvgIpc) is 3.12. The van der Waals surface area contributed by atoms with Crippen molar-refractivity contribution in [3.05, 3.63) is 47.6 Å². The second-order valence-electron chi connectivity index (χ2n) is 5.83. The van der Waals surface area contributed by atoms with Crippen LogP contribution >= 0.6 is 11.6 Å². The summed E-state index contributed by atoms with van der Waals surface area (Å²) < 4.78 is 10.3. The monoisotopic (exact) mass is 374 g/mol. The van der Waals surface area contributed by atoms with E-state index in [1.807, 2.05) is 36.2 Å². The lowest BCUT2D eigenvalue weighted by Crippen LogP contribution is -2.32. The summed E-state index contributed by atoms with van der Waals surface area (Å²) in [6, 6.07) is 10.9. The van der Waals surface area contributed by atoms with Crippen LogP contribution < -0.4 is 4.90 Å². The lowest BCUT2D eigenvalue weighted by Gasteiger charge is -2.21. The molecular formula is C18H19ClN4O3. The summed E-state index contributed by atoms with van der Waals surface area (Å²) in [5.41, 5.74) is 1.49. The minimum atomic E-state index is -0.581. The van der Waals surface area contributed by atoms with Gasteiger partial charge in [-0.15, -0.1) is 0 Å². The number of methoxy groups -OCH3 is 1. The molecule has 0 spiro atoms. The van der Waals surface area contributed by atoms with Crippen molar-refractivity contribution in [1.29, 1.82) is 0 Å². The summed E-state index contributed by atoms with van der Waals surface area (Å²) in [6.07, 6.45) is 1.08. The summed E-state index contributed by atoms with van der Waals surface area (Å²) in [5, 5.41) is 14.4. The van der Waals surface area contributed by atoms with Crippen LogP contribution in [0.4, 0.5) is 5.82 Å². The van der Waals surface area contributed by atoms with Crippen molar-refractivity contribution in [2.75, 3.05) is 32.2 Å². The predicted octanol–water partition coefficient (Wildman–Crippen LogP) is 2.90. The van der Waals surface area contributed by atoms with Gasteiger partial charge in [-0.2, -0.15) is 4.98 Å². The minimum absolute atomic E-state index is 0.274. The van der Waals surface area contributed by atoms with Crippen molar-refractivity contribution >= 4 is 17.4 Å². The van der Waals surface area contributed by atoms with E-state index < -0.39 is 6.10 Å². The van der Waals surface area contributed by atoms with E-state index in [9.17, 15) is 5.11 Å². The first-order chi connectivity index (χ1) is 12.6. The van der Waals surface area contributed by atoms with Crippen molar-refractivity contribution < 1.29 is 14.4 Å². The Labute approximate surface area is 156 Å². The van der Waals surface area contributed by atoms with E-state index in [2.05, 4.69) is 15.1 Å². The average molecular weight is 375 g/mol. The van der Waals surface area contributed by atoms with Crippen LogP contribution in [0.2, 0.25) is 5.02 Å². The number of benzene rings is 1. The van der Waals surface area contributed by atoms with Gasteiger partial charge in [-0.25, -0.2) is 4.98 Å². The van der Waals surface area contributed by atoms with E-state index in [-0.39, 0.29) is 6.61 Å². The fraction of sp³-hybridized carbons (Fsp3) is 0.278. The van der Waals surface area contributed by atoms with E-state index in [0.29, 0.717) is 28.8 Å². The molecule has 0 amide bonds. The number of hydrogen-bond acceptors (Lipinski definition) is 7. The van der Waals surface area contributed by atoms with Gasteiger partial charge in [-0.3, -0.25) is 0 Å². The van der Waals surface area contributed by atoms with E-state index in [1.54, 1.807) is 25.4 Å². The summed E-state index contributed by atoms with van der Waals surface area (Å²) in [6.45, 7) is 0.691. The molecule has 1 N–H and O–H groups in total. The van der Waals surface area contributed by atoms with Gasteiger partial charge in [0.05, 0.1) is 18.3 Å². The van der Waals surface area contributed by atoms with Crippen LogP contribution in [0, 0.1) is 0 Å². The van der Waals surface area contributed by atoms with Gasteiger partial charge >= 0.3 is 0 Å². The number of halogens is 1. The molecule has 0 saturated heterocycles. The van der Waals surface area contributed by atoms with E-state index in [1.165, 1.54) is 0 Å². The molecule has 26 heavy (non-hydrogen) atoms. The molecule has 0 saturated carbocycles. The number of aliphatic hydroxyl groups excluding tert-OH is 1. The van der Waals surface area contributed by atoms with Crippen LogP contribution in [-0.2, 0) is 4.74 Å². The largest absolute Gasteiger partial charge is 0.389 e. The first kappa shape index (κ1) is 18.3. The number of rotatable bonds is 7. The van der Waals surface area contributed by atoms with Crippen molar-refractivity contribution in [1.82, 2.24) is 15.1 Å². The van der Waals surface area contributed by atoms with E-state index in [0.717, 1.165) is 11.4 Å². The summed E-state index contributed by atoms with van der Waals surface area (Å²) in [7, 11) is 3.41. The van der Waals surface area contributed by atoms with Gasteiger partial charge in [0.15, 0.2) is 0 Å². The molecule has 2 aromatic heterocycles. The van der Waals surface area contributed by atoms with Gasteiger partial charge in [0.1, 0.15) is 5.82 Å². The first-order valence-electron chi connectivity index (χ1n) is 8.01. The first-order valence-corrected chi connectivity index (χ1v) is 8.39. The number of likely N-dealkylation sites (N-methyl/N-ethyl adjacent to an activating group) is 1. The highest BCUT2D eigenvalue weighted by Gasteiger charge is 2.13. The zero-order valence-electron chi connectivity index (χ0n) is 14.5. The maximum absolute atomic E-state index is 9.81. The second kappa shape index (κ2) is 8.27. The predicted molar refractivity (Wildman–Crippen MR) is 99.1 cm³/mol.